The van der Waals surface area contributed by atoms with E-state index in [9.17, 15) is 4.79 Å². The van der Waals surface area contributed by atoms with Crippen molar-refractivity contribution in [1.29, 1.82) is 0 Å². The average Bonchev–Trinajstić information content (AvgIpc) is 2.84. The molecule has 0 atom stereocenters. The van der Waals surface area contributed by atoms with Crippen LogP contribution >= 0.6 is 11.3 Å². The van der Waals surface area contributed by atoms with Crippen molar-refractivity contribution in [3.63, 3.8) is 0 Å². The zero-order chi connectivity index (χ0) is 12.1. The predicted molar refractivity (Wildman–Crippen MR) is 72.8 cm³/mol. The van der Waals surface area contributed by atoms with Gasteiger partial charge in [0.25, 0.3) is 0 Å². The summed E-state index contributed by atoms with van der Waals surface area (Å²) in [4.78, 5) is 13.2. The molecule has 0 unspecified atom stereocenters. The molecule has 0 amide bonds. The van der Waals surface area contributed by atoms with Crippen molar-refractivity contribution in [3.05, 3.63) is 57.8 Å². The topological polar surface area (TPSA) is 17.1 Å². The molecule has 2 heteroatoms. The SMILES string of the molecule is CCCCc1ccsc1C(=O)c1ccccc1. The van der Waals surface area contributed by atoms with Crippen LogP contribution in [0.5, 0.6) is 0 Å². The molecule has 0 aliphatic carbocycles. The lowest BCUT2D eigenvalue weighted by molar-refractivity contribution is 0.104. The van der Waals surface area contributed by atoms with Gasteiger partial charge in [0, 0.05) is 5.56 Å². The van der Waals surface area contributed by atoms with Crippen LogP contribution in [0.25, 0.3) is 0 Å². The highest BCUT2D eigenvalue weighted by Crippen LogP contribution is 2.22. The number of thiophene rings is 1. The maximum absolute atomic E-state index is 12.3. The van der Waals surface area contributed by atoms with Gasteiger partial charge in [0.05, 0.1) is 4.88 Å². The first kappa shape index (κ1) is 12.1. The summed E-state index contributed by atoms with van der Waals surface area (Å²) in [5.74, 6) is 0.159. The van der Waals surface area contributed by atoms with E-state index in [1.807, 2.05) is 35.7 Å². The summed E-state index contributed by atoms with van der Waals surface area (Å²) >= 11 is 1.55. The Labute approximate surface area is 106 Å². The van der Waals surface area contributed by atoms with Crippen LogP contribution in [0.4, 0.5) is 0 Å². The van der Waals surface area contributed by atoms with Crippen molar-refractivity contribution in [2.45, 2.75) is 26.2 Å². The first-order valence-electron chi connectivity index (χ1n) is 5.99. The molecular weight excluding hydrogens is 228 g/mol. The van der Waals surface area contributed by atoms with E-state index in [1.54, 1.807) is 11.3 Å². The fourth-order valence-corrected chi connectivity index (χ4v) is 2.73. The molecule has 1 aromatic carbocycles. The number of rotatable bonds is 5. The van der Waals surface area contributed by atoms with Gasteiger partial charge in [0.2, 0.25) is 5.78 Å². The second-order valence-electron chi connectivity index (χ2n) is 4.07. The highest BCUT2D eigenvalue weighted by molar-refractivity contribution is 7.12. The summed E-state index contributed by atoms with van der Waals surface area (Å²) in [5, 5.41) is 2.02. The van der Waals surface area contributed by atoms with Crippen LogP contribution < -0.4 is 0 Å². The zero-order valence-corrected chi connectivity index (χ0v) is 10.8. The van der Waals surface area contributed by atoms with Gasteiger partial charge < -0.3 is 0 Å². The van der Waals surface area contributed by atoms with Crippen LogP contribution in [0, 0.1) is 0 Å². The monoisotopic (exact) mass is 244 g/mol. The van der Waals surface area contributed by atoms with E-state index in [0.29, 0.717) is 0 Å². The Bertz CT molecular complexity index is 485. The standard InChI is InChI=1S/C15H16OS/c1-2-3-7-13-10-11-17-15(13)14(16)12-8-5-4-6-9-12/h4-6,8-11H,2-3,7H2,1H3. The summed E-state index contributed by atoms with van der Waals surface area (Å²) in [5.41, 5.74) is 1.98. The number of carbonyl (C=O) groups excluding carboxylic acids is 1. The van der Waals surface area contributed by atoms with E-state index in [-0.39, 0.29) is 5.78 Å². The van der Waals surface area contributed by atoms with Gasteiger partial charge in [-0.05, 0) is 29.9 Å². The van der Waals surface area contributed by atoms with Crippen LogP contribution in [0.2, 0.25) is 0 Å². The number of ketones is 1. The third-order valence-electron chi connectivity index (χ3n) is 2.79. The molecule has 88 valence electrons. The number of benzene rings is 1. The fraction of sp³-hybridized carbons (Fsp3) is 0.267. The molecule has 0 aliphatic heterocycles. The Morgan fingerprint density at radius 1 is 1.18 bits per heavy atom. The molecule has 1 heterocycles. The van der Waals surface area contributed by atoms with Crippen LogP contribution in [-0.4, -0.2) is 5.78 Å². The lowest BCUT2D eigenvalue weighted by atomic mass is 10.0. The summed E-state index contributed by atoms with van der Waals surface area (Å²) in [6.07, 6.45) is 3.31. The maximum Gasteiger partial charge on any atom is 0.203 e. The second kappa shape index (κ2) is 5.78. The molecule has 0 fully saturated rings. The molecule has 1 aromatic heterocycles. The van der Waals surface area contributed by atoms with Gasteiger partial charge in [0.1, 0.15) is 0 Å². The third kappa shape index (κ3) is 2.83. The molecule has 17 heavy (non-hydrogen) atoms. The van der Waals surface area contributed by atoms with Crippen molar-refractivity contribution < 1.29 is 4.79 Å². The molecule has 0 N–H and O–H groups in total. The number of hydrogen-bond acceptors (Lipinski definition) is 2. The van der Waals surface area contributed by atoms with Gasteiger partial charge in [-0.15, -0.1) is 11.3 Å². The lowest BCUT2D eigenvalue weighted by Gasteiger charge is -2.02. The normalized spacial score (nSPS) is 10.4. The third-order valence-corrected chi connectivity index (χ3v) is 3.74. The van der Waals surface area contributed by atoms with Gasteiger partial charge >= 0.3 is 0 Å². The smallest absolute Gasteiger partial charge is 0.203 e. The Balaban J connectivity index is 2.23. The van der Waals surface area contributed by atoms with Crippen molar-refractivity contribution >= 4 is 17.1 Å². The Hall–Kier alpha value is -1.41. The average molecular weight is 244 g/mol. The van der Waals surface area contributed by atoms with E-state index in [1.165, 1.54) is 5.56 Å². The van der Waals surface area contributed by atoms with Crippen LogP contribution in [0.3, 0.4) is 0 Å². The molecule has 0 spiro atoms. The predicted octanol–water partition coefficient (Wildman–Crippen LogP) is 4.32. The van der Waals surface area contributed by atoms with Gasteiger partial charge in [-0.3, -0.25) is 4.79 Å². The van der Waals surface area contributed by atoms with Gasteiger partial charge in [-0.2, -0.15) is 0 Å². The van der Waals surface area contributed by atoms with Crippen LogP contribution in [-0.2, 0) is 6.42 Å². The minimum absolute atomic E-state index is 0.159. The van der Waals surface area contributed by atoms with Crippen molar-refractivity contribution in [3.8, 4) is 0 Å². The van der Waals surface area contributed by atoms with Crippen molar-refractivity contribution in [1.82, 2.24) is 0 Å². The molecule has 0 radical (unpaired) electrons. The molecule has 0 saturated carbocycles. The van der Waals surface area contributed by atoms with Gasteiger partial charge in [-0.25, -0.2) is 0 Å². The van der Waals surface area contributed by atoms with Crippen LogP contribution in [0.1, 0.15) is 40.6 Å². The quantitative estimate of drug-likeness (QED) is 0.716. The number of unbranched alkanes of at least 4 members (excludes halogenated alkanes) is 1. The minimum atomic E-state index is 0.159. The number of carbonyl (C=O) groups is 1. The van der Waals surface area contributed by atoms with E-state index in [4.69, 9.17) is 0 Å². The molecule has 0 aliphatic rings. The molecule has 1 nitrogen and oxygen atoms in total. The van der Waals surface area contributed by atoms with E-state index >= 15 is 0 Å². The highest BCUT2D eigenvalue weighted by atomic mass is 32.1. The zero-order valence-electron chi connectivity index (χ0n) is 9.98. The highest BCUT2D eigenvalue weighted by Gasteiger charge is 2.14. The molecule has 2 rings (SSSR count). The van der Waals surface area contributed by atoms with E-state index < -0.39 is 0 Å². The Morgan fingerprint density at radius 2 is 1.94 bits per heavy atom. The largest absolute Gasteiger partial charge is 0.288 e. The summed E-state index contributed by atoms with van der Waals surface area (Å²) in [6.45, 7) is 2.17. The second-order valence-corrected chi connectivity index (χ2v) is 4.99. The fourth-order valence-electron chi connectivity index (χ4n) is 1.82. The van der Waals surface area contributed by atoms with Crippen LogP contribution in [0.15, 0.2) is 41.8 Å². The minimum Gasteiger partial charge on any atom is -0.288 e. The van der Waals surface area contributed by atoms with E-state index in [0.717, 1.165) is 29.7 Å². The van der Waals surface area contributed by atoms with Crippen molar-refractivity contribution in [2.24, 2.45) is 0 Å². The summed E-state index contributed by atoms with van der Waals surface area (Å²) in [7, 11) is 0. The van der Waals surface area contributed by atoms with Crippen molar-refractivity contribution in [2.75, 3.05) is 0 Å². The van der Waals surface area contributed by atoms with E-state index in [2.05, 4.69) is 13.0 Å². The Morgan fingerprint density at radius 3 is 2.65 bits per heavy atom. The number of hydrogen-bond donors (Lipinski definition) is 0. The maximum atomic E-state index is 12.3. The number of aryl methyl sites for hydroxylation is 1. The molecule has 2 aromatic rings. The molecule has 0 saturated heterocycles. The first-order valence-corrected chi connectivity index (χ1v) is 6.87. The Kier molecular flexibility index (Phi) is 4.10. The van der Waals surface area contributed by atoms with Gasteiger partial charge in [0.15, 0.2) is 0 Å². The first-order chi connectivity index (χ1) is 8.33. The molecular formula is C15H16OS. The lowest BCUT2D eigenvalue weighted by Crippen LogP contribution is -2.01. The summed E-state index contributed by atoms with van der Waals surface area (Å²) < 4.78 is 0. The van der Waals surface area contributed by atoms with Gasteiger partial charge in [-0.1, -0.05) is 43.7 Å². The summed E-state index contributed by atoms with van der Waals surface area (Å²) in [6, 6.07) is 11.6. The molecule has 0 bridgehead atoms.